The Hall–Kier alpha value is -4.78. The molecule has 2 aliphatic heterocycles. The van der Waals surface area contributed by atoms with Crippen LogP contribution in [0.4, 0.5) is 0 Å². The SMILES string of the molecule is O=C1/C(=C/c2ccc(Cl)cc2)N=C(c2ccccc2)N1CCN1C(=O)/C(=C\c2ccc(Cl)cc2)N=C1c1ccccc1. The maximum atomic E-state index is 13.7. The molecule has 4 aromatic rings. The van der Waals surface area contributed by atoms with E-state index in [-0.39, 0.29) is 24.9 Å². The van der Waals surface area contributed by atoms with Crippen LogP contribution in [0, 0.1) is 0 Å². The third kappa shape index (κ3) is 5.81. The van der Waals surface area contributed by atoms with Gasteiger partial charge in [0.15, 0.2) is 0 Å². The lowest BCUT2D eigenvalue weighted by Gasteiger charge is -2.23. The van der Waals surface area contributed by atoms with Crippen LogP contribution in [0.5, 0.6) is 0 Å². The van der Waals surface area contributed by atoms with Crippen molar-refractivity contribution in [3.05, 3.63) is 153 Å². The standard InChI is InChI=1S/C34H24Cl2N4O2/c35-27-15-11-23(12-16-27)21-29-33(41)39(31(37-29)25-7-3-1-4-8-25)19-20-40-32(26-9-5-2-6-10-26)38-30(34(40)42)22-24-13-17-28(36)18-14-24/h1-18,21-22H,19-20H2/b29-21-,30-22+. The number of hydrogen-bond donors (Lipinski definition) is 0. The van der Waals surface area contributed by atoms with E-state index in [1.807, 2.05) is 84.9 Å². The molecule has 4 aromatic carbocycles. The summed E-state index contributed by atoms with van der Waals surface area (Å²) in [5, 5.41) is 1.22. The van der Waals surface area contributed by atoms with Crippen molar-refractivity contribution in [2.75, 3.05) is 13.1 Å². The van der Waals surface area contributed by atoms with Crippen molar-refractivity contribution in [1.29, 1.82) is 0 Å². The van der Waals surface area contributed by atoms with Crippen LogP contribution < -0.4 is 0 Å². The van der Waals surface area contributed by atoms with Crippen LogP contribution >= 0.6 is 23.2 Å². The van der Waals surface area contributed by atoms with Gasteiger partial charge in [-0.05, 0) is 47.5 Å². The van der Waals surface area contributed by atoms with Gasteiger partial charge >= 0.3 is 0 Å². The molecule has 2 heterocycles. The molecule has 0 unspecified atom stereocenters. The van der Waals surface area contributed by atoms with Crippen molar-refractivity contribution in [3.8, 4) is 0 Å². The minimum Gasteiger partial charge on any atom is -0.289 e. The van der Waals surface area contributed by atoms with Crippen LogP contribution in [0.1, 0.15) is 22.3 Å². The number of amides is 2. The molecule has 2 aliphatic rings. The van der Waals surface area contributed by atoms with Gasteiger partial charge in [-0.25, -0.2) is 9.98 Å². The molecular formula is C34H24Cl2N4O2. The van der Waals surface area contributed by atoms with Gasteiger partial charge in [0, 0.05) is 34.3 Å². The zero-order valence-electron chi connectivity index (χ0n) is 22.3. The normalized spacial score (nSPS) is 16.9. The second-order valence-corrected chi connectivity index (χ2v) is 10.6. The molecule has 42 heavy (non-hydrogen) atoms. The van der Waals surface area contributed by atoms with Gasteiger partial charge in [-0.1, -0.05) is 108 Å². The fourth-order valence-corrected chi connectivity index (χ4v) is 5.02. The van der Waals surface area contributed by atoms with E-state index in [4.69, 9.17) is 33.2 Å². The Balaban J connectivity index is 1.31. The highest BCUT2D eigenvalue weighted by Gasteiger charge is 2.35. The molecule has 6 rings (SSSR count). The Kier molecular flexibility index (Phi) is 7.82. The molecule has 0 saturated carbocycles. The van der Waals surface area contributed by atoms with Crippen molar-refractivity contribution in [2.45, 2.75) is 0 Å². The fraction of sp³-hybridized carbons (Fsp3) is 0.0588. The summed E-state index contributed by atoms with van der Waals surface area (Å²) in [6.07, 6.45) is 3.48. The molecule has 0 bridgehead atoms. The highest BCUT2D eigenvalue weighted by molar-refractivity contribution is 6.31. The predicted molar refractivity (Wildman–Crippen MR) is 168 cm³/mol. The maximum Gasteiger partial charge on any atom is 0.278 e. The molecule has 0 spiro atoms. The molecule has 0 N–H and O–H groups in total. The van der Waals surface area contributed by atoms with Crippen LogP contribution in [-0.2, 0) is 9.59 Å². The minimum absolute atomic E-state index is 0.219. The Morgan fingerprint density at radius 3 is 1.24 bits per heavy atom. The molecule has 0 aromatic heterocycles. The lowest BCUT2D eigenvalue weighted by Crippen LogP contribution is -2.42. The van der Waals surface area contributed by atoms with Gasteiger partial charge in [0.05, 0.1) is 0 Å². The summed E-state index contributed by atoms with van der Waals surface area (Å²) in [6, 6.07) is 33.5. The van der Waals surface area contributed by atoms with Crippen molar-refractivity contribution in [2.24, 2.45) is 9.98 Å². The first-order chi connectivity index (χ1) is 20.5. The van der Waals surface area contributed by atoms with Gasteiger partial charge in [0.1, 0.15) is 23.1 Å². The van der Waals surface area contributed by atoms with Crippen molar-refractivity contribution < 1.29 is 9.59 Å². The van der Waals surface area contributed by atoms with Crippen LogP contribution in [-0.4, -0.2) is 46.4 Å². The third-order valence-electron chi connectivity index (χ3n) is 6.85. The quantitative estimate of drug-likeness (QED) is 0.218. The van der Waals surface area contributed by atoms with Gasteiger partial charge in [0.25, 0.3) is 11.8 Å². The Labute approximate surface area is 253 Å². The number of amidine groups is 2. The average Bonchev–Trinajstić information content (AvgIpc) is 3.50. The molecule has 6 nitrogen and oxygen atoms in total. The number of halogens is 2. The van der Waals surface area contributed by atoms with Gasteiger partial charge in [0.2, 0.25) is 0 Å². The van der Waals surface area contributed by atoms with E-state index < -0.39 is 0 Å². The molecule has 0 fully saturated rings. The van der Waals surface area contributed by atoms with E-state index in [1.54, 1.807) is 46.2 Å². The highest BCUT2D eigenvalue weighted by Crippen LogP contribution is 2.26. The first-order valence-corrected chi connectivity index (χ1v) is 14.1. The van der Waals surface area contributed by atoms with E-state index in [0.717, 1.165) is 22.3 Å². The first-order valence-electron chi connectivity index (χ1n) is 13.3. The zero-order valence-corrected chi connectivity index (χ0v) is 23.8. The monoisotopic (exact) mass is 590 g/mol. The second kappa shape index (κ2) is 12.0. The number of nitrogens with zero attached hydrogens (tertiary/aromatic N) is 4. The molecular weight excluding hydrogens is 567 g/mol. The summed E-state index contributed by atoms with van der Waals surface area (Å²) < 4.78 is 0. The molecule has 2 amide bonds. The number of carbonyl (C=O) groups excluding carboxylic acids is 2. The van der Waals surface area contributed by atoms with Crippen LogP contribution in [0.15, 0.2) is 131 Å². The van der Waals surface area contributed by atoms with E-state index in [0.29, 0.717) is 33.1 Å². The highest BCUT2D eigenvalue weighted by atomic mass is 35.5. The van der Waals surface area contributed by atoms with E-state index >= 15 is 0 Å². The number of hydrogen-bond acceptors (Lipinski definition) is 4. The summed E-state index contributed by atoms with van der Waals surface area (Å²) in [4.78, 5) is 40.1. The lowest BCUT2D eigenvalue weighted by atomic mass is 10.1. The van der Waals surface area contributed by atoms with Gasteiger partial charge in [-0.15, -0.1) is 0 Å². The molecule has 0 radical (unpaired) electrons. The third-order valence-corrected chi connectivity index (χ3v) is 7.35. The van der Waals surface area contributed by atoms with Crippen LogP contribution in [0.25, 0.3) is 12.2 Å². The van der Waals surface area contributed by atoms with Crippen molar-refractivity contribution in [1.82, 2.24) is 9.80 Å². The van der Waals surface area contributed by atoms with Crippen LogP contribution in [0.3, 0.4) is 0 Å². The van der Waals surface area contributed by atoms with E-state index in [1.165, 1.54) is 0 Å². The maximum absolute atomic E-state index is 13.7. The summed E-state index contributed by atoms with van der Waals surface area (Å²) >= 11 is 12.1. The number of benzene rings is 4. The summed E-state index contributed by atoms with van der Waals surface area (Å²) in [7, 11) is 0. The summed E-state index contributed by atoms with van der Waals surface area (Å²) in [5.74, 6) is 0.571. The summed E-state index contributed by atoms with van der Waals surface area (Å²) in [6.45, 7) is 0.437. The number of carbonyl (C=O) groups is 2. The summed E-state index contributed by atoms with van der Waals surface area (Å²) in [5.41, 5.74) is 3.85. The Morgan fingerprint density at radius 2 is 0.881 bits per heavy atom. The molecule has 206 valence electrons. The van der Waals surface area contributed by atoms with Gasteiger partial charge in [-0.2, -0.15) is 0 Å². The first kappa shape index (κ1) is 27.4. The molecule has 0 aliphatic carbocycles. The second-order valence-electron chi connectivity index (χ2n) is 9.68. The molecule has 0 saturated heterocycles. The molecule has 0 atom stereocenters. The smallest absolute Gasteiger partial charge is 0.278 e. The zero-order chi connectivity index (χ0) is 29.1. The van der Waals surface area contributed by atoms with Gasteiger partial charge in [-0.3, -0.25) is 19.4 Å². The van der Waals surface area contributed by atoms with Crippen molar-refractivity contribution in [3.63, 3.8) is 0 Å². The average molecular weight is 591 g/mol. The Morgan fingerprint density at radius 1 is 0.524 bits per heavy atom. The predicted octanol–water partition coefficient (Wildman–Crippen LogP) is 6.95. The molecule has 8 heteroatoms. The number of aliphatic imine (C=N–C) groups is 2. The minimum atomic E-state index is -0.245. The van der Waals surface area contributed by atoms with Crippen LogP contribution in [0.2, 0.25) is 10.0 Å². The van der Waals surface area contributed by atoms with Crippen molar-refractivity contribution >= 4 is 58.8 Å². The fourth-order valence-electron chi connectivity index (χ4n) is 4.77. The van der Waals surface area contributed by atoms with E-state index in [9.17, 15) is 9.59 Å². The largest absolute Gasteiger partial charge is 0.289 e. The van der Waals surface area contributed by atoms with Gasteiger partial charge < -0.3 is 0 Å². The Bertz CT molecular complexity index is 1630. The van der Waals surface area contributed by atoms with E-state index in [2.05, 4.69) is 0 Å². The lowest BCUT2D eigenvalue weighted by molar-refractivity contribution is -0.125. The number of rotatable bonds is 7. The topological polar surface area (TPSA) is 65.3 Å².